The van der Waals surface area contributed by atoms with E-state index >= 15 is 0 Å². The summed E-state index contributed by atoms with van der Waals surface area (Å²) in [5.41, 5.74) is -1.55. The first-order valence-corrected chi connectivity index (χ1v) is 4.14. The summed E-state index contributed by atoms with van der Waals surface area (Å²) in [6.45, 7) is 0. The molecular weight excluding hydrogens is 222 g/mol. The van der Waals surface area contributed by atoms with Crippen molar-refractivity contribution >= 4 is 29.4 Å². The molecule has 0 aromatic heterocycles. The van der Waals surface area contributed by atoms with Crippen LogP contribution in [-0.4, -0.2) is 21.1 Å². The number of aromatic carboxylic acids is 1. The summed E-state index contributed by atoms with van der Waals surface area (Å²) in [6, 6.07) is 3.42. The fourth-order valence-electron chi connectivity index (χ4n) is 1.10. The molecule has 0 heterocycles. The maximum atomic E-state index is 10.9. The second-order valence-corrected chi connectivity index (χ2v) is 2.97. The summed E-state index contributed by atoms with van der Waals surface area (Å²) in [7, 11) is 0. The lowest BCUT2D eigenvalue weighted by molar-refractivity contribution is -0.385. The largest absolute Gasteiger partial charge is 0.477 e. The standard InChI is InChI=1S/C8H5NO5S/c10-7(11)6-4(8(12)15)2-1-3-5(6)9(13)14/h1-3H,(H,10,11)(H,12,15). The third kappa shape index (κ3) is 2.13. The predicted molar refractivity (Wildman–Crippen MR) is 53.4 cm³/mol. The zero-order chi connectivity index (χ0) is 11.6. The number of benzene rings is 1. The number of carboxylic acid groups (broad SMARTS) is 1. The number of nitro groups is 1. The Balaban J connectivity index is 3.56. The first kappa shape index (κ1) is 11.2. The molecule has 0 aliphatic rings. The number of hydrogen-bond donors (Lipinski definition) is 2. The van der Waals surface area contributed by atoms with Crippen LogP contribution in [0.15, 0.2) is 18.2 Å². The van der Waals surface area contributed by atoms with Gasteiger partial charge in [-0.3, -0.25) is 14.9 Å². The molecule has 7 heteroatoms. The summed E-state index contributed by atoms with van der Waals surface area (Å²) >= 11 is 3.44. The zero-order valence-corrected chi connectivity index (χ0v) is 8.10. The fourth-order valence-corrected chi connectivity index (χ4v) is 1.28. The molecule has 0 amide bonds. The Morgan fingerprint density at radius 2 is 2.00 bits per heavy atom. The monoisotopic (exact) mass is 227 g/mol. The third-order valence-electron chi connectivity index (χ3n) is 1.68. The van der Waals surface area contributed by atoms with E-state index in [0.717, 1.165) is 6.07 Å². The molecule has 78 valence electrons. The highest BCUT2D eigenvalue weighted by molar-refractivity contribution is 7.97. The number of carboxylic acids is 1. The number of rotatable bonds is 3. The molecule has 0 spiro atoms. The molecule has 0 aliphatic heterocycles. The first-order chi connectivity index (χ1) is 6.95. The van der Waals surface area contributed by atoms with Gasteiger partial charge in [0.2, 0.25) is 5.12 Å². The van der Waals surface area contributed by atoms with Gasteiger partial charge in [0, 0.05) is 11.6 Å². The van der Waals surface area contributed by atoms with Crippen LogP contribution in [0.25, 0.3) is 0 Å². The van der Waals surface area contributed by atoms with Gasteiger partial charge in [-0.1, -0.05) is 6.07 Å². The summed E-state index contributed by atoms with van der Waals surface area (Å²) in [5.74, 6) is -1.53. The van der Waals surface area contributed by atoms with Crippen LogP contribution in [0.3, 0.4) is 0 Å². The highest BCUT2D eigenvalue weighted by Gasteiger charge is 2.25. The van der Waals surface area contributed by atoms with Gasteiger partial charge >= 0.3 is 5.97 Å². The Hall–Kier alpha value is -1.89. The Bertz CT molecular complexity index is 424. The van der Waals surface area contributed by atoms with Gasteiger partial charge in [-0.25, -0.2) is 4.79 Å². The summed E-state index contributed by atoms with van der Waals surface area (Å²) in [4.78, 5) is 31.3. The van der Waals surface area contributed by atoms with Crippen molar-refractivity contribution in [3.05, 3.63) is 39.4 Å². The van der Waals surface area contributed by atoms with E-state index in [0.29, 0.717) is 0 Å². The van der Waals surface area contributed by atoms with E-state index in [1.165, 1.54) is 12.1 Å². The molecule has 0 fully saturated rings. The first-order valence-electron chi connectivity index (χ1n) is 3.69. The normalized spacial score (nSPS) is 9.67. The number of nitro benzene ring substituents is 1. The van der Waals surface area contributed by atoms with Crippen molar-refractivity contribution in [3.8, 4) is 0 Å². The summed E-state index contributed by atoms with van der Waals surface area (Å²) in [5, 5.41) is 18.4. The molecule has 1 aromatic carbocycles. The topological polar surface area (TPSA) is 97.5 Å². The van der Waals surface area contributed by atoms with Gasteiger partial charge in [-0.2, -0.15) is 0 Å². The maximum absolute atomic E-state index is 10.9. The average Bonchev–Trinajstić information content (AvgIpc) is 2.16. The molecule has 1 rings (SSSR count). The molecule has 1 N–H and O–H groups in total. The fraction of sp³-hybridized carbons (Fsp3) is 0. The molecule has 0 unspecified atom stereocenters. The van der Waals surface area contributed by atoms with Gasteiger partial charge < -0.3 is 5.11 Å². The van der Waals surface area contributed by atoms with Crippen LogP contribution in [0.2, 0.25) is 0 Å². The highest BCUT2D eigenvalue weighted by Crippen LogP contribution is 2.23. The number of carbonyl (C=O) groups is 2. The Morgan fingerprint density at radius 1 is 1.40 bits per heavy atom. The average molecular weight is 227 g/mol. The van der Waals surface area contributed by atoms with Crippen molar-refractivity contribution in [2.24, 2.45) is 0 Å². The molecule has 0 saturated carbocycles. The Morgan fingerprint density at radius 3 is 2.40 bits per heavy atom. The summed E-state index contributed by atoms with van der Waals surface area (Å²) in [6.07, 6.45) is 0. The number of hydrogen-bond acceptors (Lipinski definition) is 4. The Kier molecular flexibility index (Phi) is 3.05. The van der Waals surface area contributed by atoms with Gasteiger partial charge in [-0.15, -0.1) is 12.6 Å². The van der Waals surface area contributed by atoms with Crippen LogP contribution >= 0.6 is 12.6 Å². The van der Waals surface area contributed by atoms with Crippen molar-refractivity contribution in [3.63, 3.8) is 0 Å². The number of carbonyl (C=O) groups excluding carboxylic acids is 1. The lowest BCUT2D eigenvalue weighted by atomic mass is 10.1. The molecule has 1 aromatic rings. The number of nitrogens with zero attached hydrogens (tertiary/aromatic N) is 1. The molecule has 6 nitrogen and oxygen atoms in total. The lowest BCUT2D eigenvalue weighted by Crippen LogP contribution is -2.08. The minimum Gasteiger partial charge on any atom is -0.477 e. The van der Waals surface area contributed by atoms with E-state index in [4.69, 9.17) is 5.11 Å². The van der Waals surface area contributed by atoms with Gasteiger partial charge in [0.05, 0.1) is 4.92 Å². The third-order valence-corrected chi connectivity index (χ3v) is 1.92. The lowest BCUT2D eigenvalue weighted by Gasteiger charge is -2.01. The smallest absolute Gasteiger partial charge is 0.343 e. The molecule has 0 saturated heterocycles. The van der Waals surface area contributed by atoms with Crippen molar-refractivity contribution in [2.45, 2.75) is 0 Å². The van der Waals surface area contributed by atoms with Crippen molar-refractivity contribution in [2.75, 3.05) is 0 Å². The van der Waals surface area contributed by atoms with Crippen molar-refractivity contribution < 1.29 is 19.6 Å². The van der Waals surface area contributed by atoms with Crippen LogP contribution in [0.4, 0.5) is 5.69 Å². The minimum absolute atomic E-state index is 0.292. The maximum Gasteiger partial charge on any atom is 0.343 e. The highest BCUT2D eigenvalue weighted by atomic mass is 32.1. The summed E-state index contributed by atoms with van der Waals surface area (Å²) < 4.78 is 0. The molecule has 0 radical (unpaired) electrons. The molecule has 15 heavy (non-hydrogen) atoms. The van der Waals surface area contributed by atoms with Crippen LogP contribution < -0.4 is 0 Å². The van der Waals surface area contributed by atoms with Crippen LogP contribution in [-0.2, 0) is 0 Å². The van der Waals surface area contributed by atoms with Crippen LogP contribution in [0.1, 0.15) is 20.7 Å². The second-order valence-electron chi connectivity index (χ2n) is 2.57. The number of thiol groups is 1. The van der Waals surface area contributed by atoms with E-state index < -0.39 is 27.3 Å². The zero-order valence-electron chi connectivity index (χ0n) is 7.21. The van der Waals surface area contributed by atoms with Crippen molar-refractivity contribution in [1.29, 1.82) is 0 Å². The quantitative estimate of drug-likeness (QED) is 0.461. The molecular formula is C8H5NO5S. The van der Waals surface area contributed by atoms with Crippen LogP contribution in [0.5, 0.6) is 0 Å². The SMILES string of the molecule is O=C(S)c1cccc([N+](=O)[O-])c1C(=O)O. The van der Waals surface area contributed by atoms with E-state index in [1.807, 2.05) is 0 Å². The van der Waals surface area contributed by atoms with Gasteiger partial charge in [0.25, 0.3) is 5.69 Å². The van der Waals surface area contributed by atoms with Gasteiger partial charge in [0.1, 0.15) is 5.56 Å². The van der Waals surface area contributed by atoms with E-state index in [2.05, 4.69) is 12.6 Å². The molecule has 0 atom stereocenters. The Labute approximate surface area is 89.1 Å². The molecule has 0 bridgehead atoms. The van der Waals surface area contributed by atoms with E-state index in [-0.39, 0.29) is 5.56 Å². The van der Waals surface area contributed by atoms with E-state index in [9.17, 15) is 19.7 Å². The molecule has 0 aliphatic carbocycles. The van der Waals surface area contributed by atoms with Gasteiger partial charge in [-0.05, 0) is 6.07 Å². The second kappa shape index (κ2) is 4.09. The van der Waals surface area contributed by atoms with Gasteiger partial charge in [0.15, 0.2) is 0 Å². The minimum atomic E-state index is -1.53. The van der Waals surface area contributed by atoms with Crippen LogP contribution in [0, 0.1) is 10.1 Å². The van der Waals surface area contributed by atoms with E-state index in [1.54, 1.807) is 0 Å². The predicted octanol–water partition coefficient (Wildman–Crippen LogP) is 1.36. The van der Waals surface area contributed by atoms with Crippen molar-refractivity contribution in [1.82, 2.24) is 0 Å².